The predicted octanol–water partition coefficient (Wildman–Crippen LogP) is 3.82. The molecule has 1 atom stereocenters. The number of carbonyl (C=O) groups is 2. The van der Waals surface area contributed by atoms with Crippen LogP contribution in [0, 0.1) is 18.2 Å². The van der Waals surface area contributed by atoms with Gasteiger partial charge in [0.25, 0.3) is 5.91 Å². The number of amides is 1. The van der Waals surface area contributed by atoms with Crippen LogP contribution in [0.15, 0.2) is 36.4 Å². The molecule has 0 radical (unpaired) electrons. The molecule has 0 saturated heterocycles. The Hall–Kier alpha value is -2.88. The van der Waals surface area contributed by atoms with Crippen molar-refractivity contribution in [2.45, 2.75) is 37.9 Å². The van der Waals surface area contributed by atoms with E-state index in [2.05, 4.69) is 11.2 Å². The van der Waals surface area contributed by atoms with Crippen LogP contribution in [-0.4, -0.2) is 22.6 Å². The molecule has 1 amide bonds. The van der Waals surface area contributed by atoms with Gasteiger partial charge >= 0.3 is 5.97 Å². The van der Waals surface area contributed by atoms with Gasteiger partial charge in [-0.1, -0.05) is 31.4 Å². The standard InChI is InChI=1S/C22H19ClFNO4/c1-4-22(28,12-21(2,3)17-10-14(24)5-8-18(17)23)20(27)25-15-6-7-16-13(9-15)11-29-19(16)26/h1,5-10,28H,11-12H2,2-3H3,(H,25,27). The summed E-state index contributed by atoms with van der Waals surface area (Å²) in [5, 5.41) is 13.8. The highest BCUT2D eigenvalue weighted by atomic mass is 35.5. The first-order valence-electron chi connectivity index (χ1n) is 8.83. The average Bonchev–Trinajstić information content (AvgIpc) is 3.03. The molecule has 0 aromatic heterocycles. The minimum atomic E-state index is -2.18. The number of nitrogens with one attached hydrogen (secondary N) is 1. The van der Waals surface area contributed by atoms with Gasteiger partial charge < -0.3 is 15.2 Å². The van der Waals surface area contributed by atoms with E-state index in [1.54, 1.807) is 19.9 Å². The van der Waals surface area contributed by atoms with E-state index in [-0.39, 0.29) is 13.0 Å². The summed E-state index contributed by atoms with van der Waals surface area (Å²) in [5.41, 5.74) is -1.24. The van der Waals surface area contributed by atoms with Crippen LogP contribution in [-0.2, 0) is 21.6 Å². The third-order valence-corrected chi connectivity index (χ3v) is 5.24. The first kappa shape index (κ1) is 20.8. The molecule has 1 unspecified atom stereocenters. The Morgan fingerprint density at radius 2 is 2.07 bits per heavy atom. The highest BCUT2D eigenvalue weighted by Gasteiger charge is 2.41. The largest absolute Gasteiger partial charge is 0.457 e. The Kier molecular flexibility index (Phi) is 5.40. The number of hydrogen-bond acceptors (Lipinski definition) is 4. The number of esters is 1. The highest BCUT2D eigenvalue weighted by Crippen LogP contribution is 2.37. The summed E-state index contributed by atoms with van der Waals surface area (Å²) in [6.07, 6.45) is 5.29. The Morgan fingerprint density at radius 1 is 1.34 bits per heavy atom. The third kappa shape index (κ3) is 4.12. The molecule has 150 valence electrons. The van der Waals surface area contributed by atoms with Crippen LogP contribution in [0.25, 0.3) is 0 Å². The van der Waals surface area contributed by atoms with Gasteiger partial charge in [-0.15, -0.1) is 6.42 Å². The summed E-state index contributed by atoms with van der Waals surface area (Å²) in [4.78, 5) is 24.3. The van der Waals surface area contributed by atoms with Gasteiger partial charge in [0.05, 0.1) is 5.56 Å². The number of carbonyl (C=O) groups excluding carboxylic acids is 2. The smallest absolute Gasteiger partial charge is 0.338 e. The Bertz CT molecular complexity index is 1040. The number of anilines is 1. The second-order valence-electron chi connectivity index (χ2n) is 7.59. The first-order valence-corrected chi connectivity index (χ1v) is 9.21. The molecular formula is C22H19ClFNO4. The fourth-order valence-electron chi connectivity index (χ4n) is 3.39. The van der Waals surface area contributed by atoms with Crippen molar-refractivity contribution in [3.8, 4) is 12.3 Å². The van der Waals surface area contributed by atoms with Crippen LogP contribution < -0.4 is 5.32 Å². The molecule has 0 fully saturated rings. The number of benzene rings is 2. The maximum atomic E-state index is 13.7. The molecule has 2 N–H and O–H groups in total. The molecule has 3 rings (SSSR count). The number of hydrogen-bond donors (Lipinski definition) is 2. The summed E-state index contributed by atoms with van der Waals surface area (Å²) in [7, 11) is 0. The number of ether oxygens (including phenoxy) is 1. The van der Waals surface area contributed by atoms with Crippen molar-refractivity contribution >= 4 is 29.2 Å². The van der Waals surface area contributed by atoms with Gasteiger partial charge in [-0.3, -0.25) is 4.79 Å². The zero-order chi connectivity index (χ0) is 21.4. The molecule has 1 aliphatic rings. The Labute approximate surface area is 172 Å². The molecule has 7 heteroatoms. The molecule has 0 spiro atoms. The monoisotopic (exact) mass is 415 g/mol. The van der Waals surface area contributed by atoms with Crippen LogP contribution in [0.2, 0.25) is 5.02 Å². The molecule has 1 heterocycles. The van der Waals surface area contributed by atoms with E-state index >= 15 is 0 Å². The average molecular weight is 416 g/mol. The quantitative estimate of drug-likeness (QED) is 0.575. The van der Waals surface area contributed by atoms with Gasteiger partial charge in [0, 0.05) is 22.7 Å². The van der Waals surface area contributed by atoms with Crippen LogP contribution in [0.4, 0.5) is 10.1 Å². The van der Waals surface area contributed by atoms with Crippen molar-refractivity contribution in [3.63, 3.8) is 0 Å². The number of terminal acetylenes is 1. The summed E-state index contributed by atoms with van der Waals surface area (Å²) in [6.45, 7) is 3.53. The SMILES string of the molecule is C#CC(O)(CC(C)(C)c1cc(F)ccc1Cl)C(=O)Nc1ccc2c(c1)COC2=O. The third-order valence-electron chi connectivity index (χ3n) is 4.91. The number of rotatable bonds is 5. The van der Waals surface area contributed by atoms with Gasteiger partial charge in [0.1, 0.15) is 12.4 Å². The van der Waals surface area contributed by atoms with Gasteiger partial charge in [0.15, 0.2) is 0 Å². The summed E-state index contributed by atoms with van der Waals surface area (Å²) in [6, 6.07) is 8.54. The molecule has 2 aromatic rings. The van der Waals surface area contributed by atoms with Crippen molar-refractivity contribution < 1.29 is 23.8 Å². The van der Waals surface area contributed by atoms with E-state index in [9.17, 15) is 19.1 Å². The maximum absolute atomic E-state index is 13.7. The van der Waals surface area contributed by atoms with E-state index in [0.717, 1.165) is 0 Å². The van der Waals surface area contributed by atoms with Gasteiger partial charge in [-0.25, -0.2) is 9.18 Å². The minimum Gasteiger partial charge on any atom is -0.457 e. The van der Waals surface area contributed by atoms with E-state index in [4.69, 9.17) is 22.8 Å². The lowest BCUT2D eigenvalue weighted by molar-refractivity contribution is -0.130. The first-order chi connectivity index (χ1) is 13.6. The topological polar surface area (TPSA) is 75.6 Å². The molecule has 0 aliphatic carbocycles. The second-order valence-corrected chi connectivity index (χ2v) is 8.00. The number of halogens is 2. The summed E-state index contributed by atoms with van der Waals surface area (Å²) >= 11 is 6.19. The number of fused-ring (bicyclic) bond motifs is 1. The summed E-state index contributed by atoms with van der Waals surface area (Å²) < 4.78 is 18.6. The van der Waals surface area contributed by atoms with Crippen LogP contribution in [0.3, 0.4) is 0 Å². The van der Waals surface area contributed by atoms with E-state index < -0.39 is 28.7 Å². The Balaban J connectivity index is 1.83. The van der Waals surface area contributed by atoms with Crippen LogP contribution in [0.1, 0.15) is 41.8 Å². The molecule has 2 aromatic carbocycles. The zero-order valence-electron chi connectivity index (χ0n) is 15.9. The lowest BCUT2D eigenvalue weighted by atomic mass is 9.75. The lowest BCUT2D eigenvalue weighted by Gasteiger charge is -2.33. The fourth-order valence-corrected chi connectivity index (χ4v) is 3.77. The van der Waals surface area contributed by atoms with Crippen molar-refractivity contribution in [1.29, 1.82) is 0 Å². The molecule has 29 heavy (non-hydrogen) atoms. The fraction of sp³-hybridized carbons (Fsp3) is 0.273. The molecule has 1 aliphatic heterocycles. The normalized spacial score (nSPS) is 15.1. The van der Waals surface area contributed by atoms with Gasteiger partial charge in [0.2, 0.25) is 5.60 Å². The van der Waals surface area contributed by atoms with Crippen molar-refractivity contribution in [2.75, 3.05) is 5.32 Å². The zero-order valence-corrected chi connectivity index (χ0v) is 16.6. The van der Waals surface area contributed by atoms with Crippen LogP contribution in [0.5, 0.6) is 0 Å². The van der Waals surface area contributed by atoms with Crippen molar-refractivity contribution in [2.24, 2.45) is 0 Å². The lowest BCUT2D eigenvalue weighted by Crippen LogP contribution is -2.46. The van der Waals surface area contributed by atoms with Gasteiger partial charge in [-0.2, -0.15) is 0 Å². The van der Waals surface area contributed by atoms with E-state index in [0.29, 0.717) is 27.4 Å². The van der Waals surface area contributed by atoms with E-state index in [1.807, 2.05) is 0 Å². The predicted molar refractivity (Wildman–Crippen MR) is 107 cm³/mol. The molecule has 5 nitrogen and oxygen atoms in total. The second kappa shape index (κ2) is 7.51. The Morgan fingerprint density at radius 3 is 2.76 bits per heavy atom. The number of cyclic esters (lactones) is 1. The van der Waals surface area contributed by atoms with Crippen molar-refractivity contribution in [3.05, 3.63) is 63.9 Å². The number of aliphatic hydroxyl groups is 1. The molecule has 0 bridgehead atoms. The van der Waals surface area contributed by atoms with Crippen LogP contribution >= 0.6 is 11.6 Å². The summed E-state index contributed by atoms with van der Waals surface area (Å²) in [5.74, 6) is 0.422. The molecule has 0 saturated carbocycles. The minimum absolute atomic E-state index is 0.113. The maximum Gasteiger partial charge on any atom is 0.338 e. The van der Waals surface area contributed by atoms with Gasteiger partial charge in [-0.05, 0) is 47.4 Å². The highest BCUT2D eigenvalue weighted by molar-refractivity contribution is 6.31. The molecular weight excluding hydrogens is 397 g/mol. The van der Waals surface area contributed by atoms with Crippen molar-refractivity contribution in [1.82, 2.24) is 0 Å². The van der Waals surface area contributed by atoms with E-state index in [1.165, 1.54) is 30.3 Å².